The van der Waals surface area contributed by atoms with Crippen molar-refractivity contribution in [3.8, 4) is 28.6 Å². The zero-order valence-electron chi connectivity index (χ0n) is 13.4. The molecule has 3 rings (SSSR count). The second-order valence-electron chi connectivity index (χ2n) is 5.03. The van der Waals surface area contributed by atoms with Gasteiger partial charge in [-0.2, -0.15) is 0 Å². The topological polar surface area (TPSA) is 57.9 Å². The summed E-state index contributed by atoms with van der Waals surface area (Å²) in [5.41, 5.74) is 0.400. The Kier molecular flexibility index (Phi) is 4.12. The van der Waals surface area contributed by atoms with Gasteiger partial charge < -0.3 is 18.6 Å². The number of methoxy groups -OCH3 is 3. The normalized spacial score (nSPS) is 10.7. The molecule has 0 saturated carbocycles. The molecule has 24 heavy (non-hydrogen) atoms. The van der Waals surface area contributed by atoms with Crippen LogP contribution in [0.1, 0.15) is 0 Å². The van der Waals surface area contributed by atoms with E-state index in [1.807, 2.05) is 0 Å². The molecular weight excluding hydrogens is 315 g/mol. The number of hydrogen-bond donors (Lipinski definition) is 0. The van der Waals surface area contributed by atoms with Gasteiger partial charge in [0.15, 0.2) is 16.9 Å². The van der Waals surface area contributed by atoms with E-state index in [0.29, 0.717) is 22.8 Å². The number of rotatable bonds is 4. The van der Waals surface area contributed by atoms with E-state index < -0.39 is 5.82 Å². The van der Waals surface area contributed by atoms with E-state index in [-0.39, 0.29) is 22.1 Å². The maximum absolute atomic E-state index is 13.7. The minimum Gasteiger partial charge on any atom is -0.496 e. The average Bonchev–Trinajstić information content (AvgIpc) is 2.59. The molecular formula is C18H15FO5. The fraction of sp³-hybridized carbons (Fsp3) is 0.167. The molecule has 6 heteroatoms. The lowest BCUT2D eigenvalue weighted by molar-refractivity contribution is 0.355. The zero-order valence-corrected chi connectivity index (χ0v) is 13.4. The molecule has 5 nitrogen and oxygen atoms in total. The van der Waals surface area contributed by atoms with Crippen LogP contribution in [0.4, 0.5) is 4.39 Å². The Balaban J connectivity index is 2.23. The Morgan fingerprint density at radius 3 is 2.25 bits per heavy atom. The molecule has 0 fully saturated rings. The Hall–Kier alpha value is -3.02. The smallest absolute Gasteiger partial charge is 0.197 e. The molecule has 0 aliphatic carbocycles. The summed E-state index contributed by atoms with van der Waals surface area (Å²) >= 11 is 0. The van der Waals surface area contributed by atoms with Crippen LogP contribution in [0.25, 0.3) is 22.3 Å². The lowest BCUT2D eigenvalue weighted by Crippen LogP contribution is -2.03. The lowest BCUT2D eigenvalue weighted by atomic mass is 10.1. The van der Waals surface area contributed by atoms with Crippen LogP contribution in [0.5, 0.6) is 17.2 Å². The number of fused-ring (bicyclic) bond motifs is 1. The van der Waals surface area contributed by atoms with Gasteiger partial charge in [-0.3, -0.25) is 4.79 Å². The van der Waals surface area contributed by atoms with Crippen molar-refractivity contribution in [3.63, 3.8) is 0 Å². The maximum atomic E-state index is 13.7. The van der Waals surface area contributed by atoms with Gasteiger partial charge in [0, 0.05) is 23.8 Å². The minimum absolute atomic E-state index is 0.115. The molecule has 0 radical (unpaired) electrons. The second-order valence-corrected chi connectivity index (χ2v) is 5.03. The van der Waals surface area contributed by atoms with E-state index >= 15 is 0 Å². The highest BCUT2D eigenvalue weighted by Gasteiger charge is 2.14. The molecule has 0 N–H and O–H groups in total. The molecule has 1 heterocycles. The number of halogens is 1. The van der Waals surface area contributed by atoms with Crippen molar-refractivity contribution in [3.05, 3.63) is 52.4 Å². The molecule has 124 valence electrons. The van der Waals surface area contributed by atoms with Crippen molar-refractivity contribution in [1.82, 2.24) is 0 Å². The second kappa shape index (κ2) is 6.23. The van der Waals surface area contributed by atoms with Gasteiger partial charge in [0.25, 0.3) is 0 Å². The Labute approximate surface area is 137 Å². The van der Waals surface area contributed by atoms with Crippen LogP contribution in [-0.4, -0.2) is 21.3 Å². The van der Waals surface area contributed by atoms with E-state index in [1.54, 1.807) is 18.2 Å². The van der Waals surface area contributed by atoms with Crippen LogP contribution in [0.15, 0.2) is 45.6 Å². The lowest BCUT2D eigenvalue weighted by Gasteiger charge is -2.10. The molecule has 3 aromatic rings. The first-order valence-electron chi connectivity index (χ1n) is 7.11. The molecule has 0 amide bonds. The summed E-state index contributed by atoms with van der Waals surface area (Å²) in [5, 5.41) is 0.197. The number of hydrogen-bond acceptors (Lipinski definition) is 5. The summed E-state index contributed by atoms with van der Waals surface area (Å²) in [6, 6.07) is 8.74. The monoisotopic (exact) mass is 330 g/mol. The Morgan fingerprint density at radius 2 is 1.58 bits per heavy atom. The summed E-state index contributed by atoms with van der Waals surface area (Å²) in [7, 11) is 4.41. The molecule has 0 atom stereocenters. The van der Waals surface area contributed by atoms with Gasteiger partial charge in [0.05, 0.1) is 21.3 Å². The maximum Gasteiger partial charge on any atom is 0.197 e. The SMILES string of the molecule is COc1ccc(-c2cc(=O)c3c(OC)cc(F)cc3o2)cc1OC. The number of benzene rings is 2. The van der Waals surface area contributed by atoms with E-state index in [2.05, 4.69) is 0 Å². The van der Waals surface area contributed by atoms with Crippen LogP contribution in [0, 0.1) is 5.82 Å². The molecule has 0 aliphatic heterocycles. The fourth-order valence-electron chi connectivity index (χ4n) is 2.51. The zero-order chi connectivity index (χ0) is 17.3. The van der Waals surface area contributed by atoms with Crippen molar-refractivity contribution >= 4 is 11.0 Å². The summed E-state index contributed by atoms with van der Waals surface area (Å²) < 4.78 is 34.9. The summed E-state index contributed by atoms with van der Waals surface area (Å²) in [6.45, 7) is 0. The van der Waals surface area contributed by atoms with Crippen LogP contribution in [0.2, 0.25) is 0 Å². The first-order chi connectivity index (χ1) is 11.6. The predicted octanol–water partition coefficient (Wildman–Crippen LogP) is 3.62. The molecule has 0 aliphatic rings. The Bertz CT molecular complexity index is 962. The van der Waals surface area contributed by atoms with Crippen LogP contribution in [0.3, 0.4) is 0 Å². The van der Waals surface area contributed by atoms with Crippen LogP contribution in [-0.2, 0) is 0 Å². The van der Waals surface area contributed by atoms with Crippen LogP contribution >= 0.6 is 0 Å². The van der Waals surface area contributed by atoms with Crippen molar-refractivity contribution in [2.45, 2.75) is 0 Å². The van der Waals surface area contributed by atoms with Crippen molar-refractivity contribution in [2.24, 2.45) is 0 Å². The highest BCUT2D eigenvalue weighted by molar-refractivity contribution is 5.85. The van der Waals surface area contributed by atoms with Gasteiger partial charge in [-0.1, -0.05) is 0 Å². The molecule has 0 unspecified atom stereocenters. The minimum atomic E-state index is -0.549. The third kappa shape index (κ3) is 2.67. The molecule has 0 spiro atoms. The van der Waals surface area contributed by atoms with Crippen molar-refractivity contribution in [1.29, 1.82) is 0 Å². The van der Waals surface area contributed by atoms with E-state index in [9.17, 15) is 9.18 Å². The summed E-state index contributed by atoms with van der Waals surface area (Å²) in [5.74, 6) is 0.928. The third-order valence-electron chi connectivity index (χ3n) is 3.65. The number of ether oxygens (including phenoxy) is 3. The summed E-state index contributed by atoms with van der Waals surface area (Å²) in [6.07, 6.45) is 0. The fourth-order valence-corrected chi connectivity index (χ4v) is 2.51. The van der Waals surface area contributed by atoms with Crippen molar-refractivity contribution in [2.75, 3.05) is 21.3 Å². The standard InChI is InChI=1S/C18H15FO5/c1-21-13-5-4-10(6-15(13)22-2)14-9-12(20)18-16(23-3)7-11(19)8-17(18)24-14/h4-9H,1-3H3. The van der Waals surface area contributed by atoms with Gasteiger partial charge in [-0.15, -0.1) is 0 Å². The van der Waals surface area contributed by atoms with E-state index in [4.69, 9.17) is 18.6 Å². The Morgan fingerprint density at radius 1 is 0.875 bits per heavy atom. The van der Waals surface area contributed by atoms with Crippen molar-refractivity contribution < 1.29 is 23.0 Å². The third-order valence-corrected chi connectivity index (χ3v) is 3.65. The van der Waals surface area contributed by atoms with Crippen LogP contribution < -0.4 is 19.6 Å². The van der Waals surface area contributed by atoms with Gasteiger partial charge in [0.2, 0.25) is 0 Å². The quantitative estimate of drug-likeness (QED) is 0.731. The first-order valence-corrected chi connectivity index (χ1v) is 7.11. The highest BCUT2D eigenvalue weighted by atomic mass is 19.1. The summed E-state index contributed by atoms with van der Waals surface area (Å²) in [4.78, 5) is 12.4. The molecule has 0 bridgehead atoms. The van der Waals surface area contributed by atoms with E-state index in [1.165, 1.54) is 27.4 Å². The highest BCUT2D eigenvalue weighted by Crippen LogP contribution is 2.33. The van der Waals surface area contributed by atoms with Gasteiger partial charge in [-0.05, 0) is 18.2 Å². The average molecular weight is 330 g/mol. The van der Waals surface area contributed by atoms with Gasteiger partial charge >= 0.3 is 0 Å². The van der Waals surface area contributed by atoms with E-state index in [0.717, 1.165) is 12.1 Å². The largest absolute Gasteiger partial charge is 0.496 e. The van der Waals surface area contributed by atoms with Gasteiger partial charge in [-0.25, -0.2) is 4.39 Å². The molecule has 2 aromatic carbocycles. The predicted molar refractivity (Wildman–Crippen MR) is 87.5 cm³/mol. The molecule has 1 aromatic heterocycles. The van der Waals surface area contributed by atoms with Gasteiger partial charge in [0.1, 0.15) is 28.3 Å². The first kappa shape index (κ1) is 15.9. The molecule has 0 saturated heterocycles.